The zero-order chi connectivity index (χ0) is 20.9. The highest BCUT2D eigenvalue weighted by Gasteiger charge is 2.34. The molecule has 4 rings (SSSR count). The van der Waals surface area contributed by atoms with Gasteiger partial charge in [-0.05, 0) is 29.8 Å². The summed E-state index contributed by atoms with van der Waals surface area (Å²) in [4.78, 5) is 29.3. The van der Waals surface area contributed by atoms with E-state index in [9.17, 15) is 9.59 Å². The van der Waals surface area contributed by atoms with Crippen LogP contribution < -0.4 is 21.1 Å². The lowest BCUT2D eigenvalue weighted by Crippen LogP contribution is -2.51. The van der Waals surface area contributed by atoms with E-state index in [1.54, 1.807) is 0 Å². The molecule has 0 radical (unpaired) electrons. The van der Waals surface area contributed by atoms with Crippen molar-refractivity contribution < 1.29 is 9.59 Å². The summed E-state index contributed by atoms with van der Waals surface area (Å²) in [5.74, 6) is -0.425. The first-order valence-electron chi connectivity index (χ1n) is 10.2. The van der Waals surface area contributed by atoms with Crippen molar-refractivity contribution in [2.75, 3.05) is 44.2 Å². The summed E-state index contributed by atoms with van der Waals surface area (Å²) in [6, 6.07) is 17.5. The molecule has 30 heavy (non-hydrogen) atoms. The van der Waals surface area contributed by atoms with Crippen molar-refractivity contribution in [3.8, 4) is 0 Å². The number of piperazine rings is 1. The van der Waals surface area contributed by atoms with Crippen molar-refractivity contribution in [2.24, 2.45) is 5.92 Å². The SMILES string of the molecule is O=C(NCC(=O)N1CCN(c2ccc(Cl)cc2)CC1)C1CNNC1c1ccccc1. The molecule has 0 saturated carbocycles. The van der Waals surface area contributed by atoms with Crippen molar-refractivity contribution in [3.63, 3.8) is 0 Å². The predicted molar refractivity (Wildman–Crippen MR) is 117 cm³/mol. The van der Waals surface area contributed by atoms with Crippen LogP contribution in [0.5, 0.6) is 0 Å². The first kappa shape index (κ1) is 20.7. The molecule has 0 bridgehead atoms. The highest BCUT2D eigenvalue weighted by Crippen LogP contribution is 2.24. The Labute approximate surface area is 181 Å². The van der Waals surface area contributed by atoms with Crippen molar-refractivity contribution in [1.82, 2.24) is 21.1 Å². The van der Waals surface area contributed by atoms with Crippen LogP contribution in [0, 0.1) is 5.92 Å². The Bertz CT molecular complexity index is 869. The van der Waals surface area contributed by atoms with Crippen LogP contribution in [0.3, 0.4) is 0 Å². The Morgan fingerprint density at radius 3 is 2.40 bits per heavy atom. The molecule has 2 aliphatic rings. The quantitative estimate of drug-likeness (QED) is 0.675. The molecule has 0 aromatic heterocycles. The van der Waals surface area contributed by atoms with Gasteiger partial charge >= 0.3 is 0 Å². The summed E-state index contributed by atoms with van der Waals surface area (Å²) in [6.45, 7) is 3.34. The summed E-state index contributed by atoms with van der Waals surface area (Å²) in [7, 11) is 0. The zero-order valence-corrected chi connectivity index (χ0v) is 17.4. The smallest absolute Gasteiger partial charge is 0.242 e. The van der Waals surface area contributed by atoms with E-state index in [1.807, 2.05) is 59.5 Å². The third-order valence-electron chi connectivity index (χ3n) is 5.72. The van der Waals surface area contributed by atoms with Crippen molar-refractivity contribution in [2.45, 2.75) is 6.04 Å². The van der Waals surface area contributed by atoms with Crippen LogP contribution in [-0.2, 0) is 9.59 Å². The van der Waals surface area contributed by atoms with Crippen molar-refractivity contribution >= 4 is 29.1 Å². The van der Waals surface area contributed by atoms with E-state index in [0.717, 1.165) is 24.3 Å². The molecule has 8 heteroatoms. The Morgan fingerprint density at radius 1 is 1.00 bits per heavy atom. The second-order valence-corrected chi connectivity index (χ2v) is 8.02. The number of benzene rings is 2. The number of nitrogens with zero attached hydrogens (tertiary/aromatic N) is 2. The predicted octanol–water partition coefficient (Wildman–Crippen LogP) is 1.57. The topological polar surface area (TPSA) is 76.7 Å². The standard InChI is InChI=1S/C22H26ClN5O2/c23-17-6-8-18(9-7-17)27-10-12-28(13-11-27)20(29)15-24-22(30)19-14-25-26-21(19)16-4-2-1-3-5-16/h1-9,19,21,25-26H,10-15H2,(H,24,30). The molecule has 7 nitrogen and oxygen atoms in total. The van der Waals surface area contributed by atoms with Crippen LogP contribution in [0.1, 0.15) is 11.6 Å². The van der Waals surface area contributed by atoms with Crippen LogP contribution in [0.4, 0.5) is 5.69 Å². The van der Waals surface area contributed by atoms with Crippen molar-refractivity contribution in [3.05, 3.63) is 65.2 Å². The maximum Gasteiger partial charge on any atom is 0.242 e. The third kappa shape index (κ3) is 4.75. The molecule has 0 aliphatic carbocycles. The number of rotatable bonds is 5. The van der Waals surface area contributed by atoms with Gasteiger partial charge in [0.2, 0.25) is 11.8 Å². The molecule has 3 N–H and O–H groups in total. The largest absolute Gasteiger partial charge is 0.368 e. The maximum absolute atomic E-state index is 12.7. The minimum Gasteiger partial charge on any atom is -0.368 e. The Morgan fingerprint density at radius 2 is 1.70 bits per heavy atom. The third-order valence-corrected chi connectivity index (χ3v) is 5.97. The van der Waals surface area contributed by atoms with Gasteiger partial charge in [-0.25, -0.2) is 5.43 Å². The van der Waals surface area contributed by atoms with Gasteiger partial charge in [-0.1, -0.05) is 41.9 Å². The minimum absolute atomic E-state index is 0.0256. The highest BCUT2D eigenvalue weighted by molar-refractivity contribution is 6.30. The number of hydrazine groups is 1. The molecule has 2 amide bonds. The van der Waals surface area contributed by atoms with E-state index in [0.29, 0.717) is 24.7 Å². The first-order chi connectivity index (χ1) is 14.6. The van der Waals surface area contributed by atoms with E-state index in [2.05, 4.69) is 21.1 Å². The van der Waals surface area contributed by atoms with Gasteiger partial charge in [-0.15, -0.1) is 0 Å². The van der Waals surface area contributed by atoms with Crippen LogP contribution in [-0.4, -0.2) is 56.0 Å². The lowest BCUT2D eigenvalue weighted by Gasteiger charge is -2.36. The minimum atomic E-state index is -0.262. The van der Waals surface area contributed by atoms with Gasteiger partial charge in [-0.3, -0.25) is 15.0 Å². The molecular formula is C22H26ClN5O2. The molecule has 2 heterocycles. The monoisotopic (exact) mass is 427 g/mol. The van der Waals surface area contributed by atoms with Gasteiger partial charge in [-0.2, -0.15) is 0 Å². The second-order valence-electron chi connectivity index (χ2n) is 7.58. The van der Waals surface area contributed by atoms with Crippen LogP contribution in [0.25, 0.3) is 0 Å². The van der Waals surface area contributed by atoms with Crippen LogP contribution in [0.15, 0.2) is 54.6 Å². The summed E-state index contributed by atoms with van der Waals surface area (Å²) in [6.07, 6.45) is 0. The Balaban J connectivity index is 1.26. The number of amides is 2. The maximum atomic E-state index is 12.7. The fourth-order valence-corrected chi connectivity index (χ4v) is 4.11. The van der Waals surface area contributed by atoms with Gasteiger partial charge in [0.05, 0.1) is 18.5 Å². The summed E-state index contributed by atoms with van der Waals surface area (Å²) in [5.41, 5.74) is 8.37. The molecule has 2 saturated heterocycles. The van der Waals surface area contributed by atoms with Crippen molar-refractivity contribution in [1.29, 1.82) is 0 Å². The second kappa shape index (κ2) is 9.47. The molecule has 158 valence electrons. The molecule has 2 atom stereocenters. The molecule has 2 aromatic rings. The van der Waals surface area contributed by atoms with Crippen LogP contribution in [0.2, 0.25) is 5.02 Å². The first-order valence-corrected chi connectivity index (χ1v) is 10.6. The fourth-order valence-electron chi connectivity index (χ4n) is 3.99. The normalized spacial score (nSPS) is 21.5. The zero-order valence-electron chi connectivity index (χ0n) is 16.7. The molecule has 2 fully saturated rings. The van der Waals surface area contributed by atoms with E-state index in [1.165, 1.54) is 0 Å². The van der Waals surface area contributed by atoms with Gasteiger partial charge in [0, 0.05) is 43.4 Å². The molecule has 2 aliphatic heterocycles. The van der Waals surface area contributed by atoms with E-state index in [4.69, 9.17) is 11.6 Å². The number of carbonyl (C=O) groups excluding carboxylic acids is 2. The van der Waals surface area contributed by atoms with Gasteiger partial charge in [0.25, 0.3) is 0 Å². The van der Waals surface area contributed by atoms with Crippen LogP contribution >= 0.6 is 11.6 Å². The summed E-state index contributed by atoms with van der Waals surface area (Å²) < 4.78 is 0. The lowest BCUT2D eigenvalue weighted by molar-refractivity contribution is -0.134. The van der Waals surface area contributed by atoms with E-state index >= 15 is 0 Å². The van der Waals surface area contributed by atoms with E-state index in [-0.39, 0.29) is 30.3 Å². The number of carbonyl (C=O) groups is 2. The van der Waals surface area contributed by atoms with Gasteiger partial charge in [0.15, 0.2) is 0 Å². The molecule has 0 spiro atoms. The summed E-state index contributed by atoms with van der Waals surface area (Å²) >= 11 is 5.95. The average Bonchev–Trinajstić information content (AvgIpc) is 3.29. The van der Waals surface area contributed by atoms with E-state index < -0.39 is 0 Å². The number of halogens is 1. The number of anilines is 1. The van der Waals surface area contributed by atoms with Gasteiger partial charge < -0.3 is 15.1 Å². The number of hydrogen-bond acceptors (Lipinski definition) is 5. The molecule has 2 unspecified atom stereocenters. The molecular weight excluding hydrogens is 402 g/mol. The highest BCUT2D eigenvalue weighted by atomic mass is 35.5. The Hall–Kier alpha value is -2.61. The van der Waals surface area contributed by atoms with Gasteiger partial charge in [0.1, 0.15) is 0 Å². The Kier molecular flexibility index (Phi) is 6.52. The number of nitrogens with one attached hydrogen (secondary N) is 3. The lowest BCUT2D eigenvalue weighted by atomic mass is 9.94. The number of hydrogen-bond donors (Lipinski definition) is 3. The summed E-state index contributed by atoms with van der Waals surface area (Å²) in [5, 5.41) is 3.55. The average molecular weight is 428 g/mol. The fraction of sp³-hybridized carbons (Fsp3) is 0.364. The molecule has 2 aromatic carbocycles.